The number of benzene rings is 2. The van der Waals surface area contributed by atoms with Crippen LogP contribution in [0.4, 0.5) is 0 Å². The van der Waals surface area contributed by atoms with Crippen molar-refractivity contribution in [3.63, 3.8) is 0 Å². The monoisotopic (exact) mass is 408 g/mol. The zero-order valence-corrected chi connectivity index (χ0v) is 16.2. The Balaban J connectivity index is 1.31. The third kappa shape index (κ3) is 5.91. The minimum Gasteiger partial charge on any atom is -0.454 e. The highest BCUT2D eigenvalue weighted by molar-refractivity contribution is 7.89. The van der Waals surface area contributed by atoms with Crippen LogP contribution >= 0.6 is 0 Å². The van der Waals surface area contributed by atoms with Crippen molar-refractivity contribution in [2.75, 3.05) is 26.5 Å². The number of aliphatic hydroxyl groups excluding tert-OH is 1. The second-order valence-electron chi connectivity index (χ2n) is 6.50. The van der Waals surface area contributed by atoms with Crippen LogP contribution < -0.4 is 19.9 Å². The average Bonchev–Trinajstić information content (AvgIpc) is 3.13. The van der Waals surface area contributed by atoms with E-state index >= 15 is 0 Å². The number of hydrogen-bond donors (Lipinski definition) is 3. The molecule has 0 spiro atoms. The Morgan fingerprint density at radius 3 is 2.57 bits per heavy atom. The molecule has 2 aromatic rings. The van der Waals surface area contributed by atoms with Crippen molar-refractivity contribution in [2.45, 2.75) is 24.0 Å². The summed E-state index contributed by atoms with van der Waals surface area (Å²) in [5.41, 5.74) is 1.93. The van der Waals surface area contributed by atoms with Gasteiger partial charge in [-0.2, -0.15) is 0 Å². The molecule has 8 nitrogen and oxygen atoms in total. The van der Waals surface area contributed by atoms with Crippen LogP contribution in [0.3, 0.4) is 0 Å². The number of primary sulfonamides is 1. The fourth-order valence-electron chi connectivity index (χ4n) is 2.75. The largest absolute Gasteiger partial charge is 0.454 e. The van der Waals surface area contributed by atoms with Gasteiger partial charge in [-0.05, 0) is 48.4 Å². The van der Waals surface area contributed by atoms with Crippen LogP contribution in [0.1, 0.15) is 11.1 Å². The first kappa shape index (κ1) is 20.6. The number of fused-ring (bicyclic) bond motifs is 1. The van der Waals surface area contributed by atoms with Gasteiger partial charge in [0.15, 0.2) is 11.5 Å². The van der Waals surface area contributed by atoms with Crippen LogP contribution in [0.2, 0.25) is 0 Å². The Morgan fingerprint density at radius 2 is 1.82 bits per heavy atom. The van der Waals surface area contributed by atoms with Crippen molar-refractivity contribution >= 4 is 10.0 Å². The molecule has 1 aliphatic rings. The predicted molar refractivity (Wildman–Crippen MR) is 103 cm³/mol. The molecular formula is C19H24N2O6S. The lowest BCUT2D eigenvalue weighted by Crippen LogP contribution is -2.31. The van der Waals surface area contributed by atoms with E-state index in [9.17, 15) is 13.5 Å². The molecule has 4 N–H and O–H groups in total. The summed E-state index contributed by atoms with van der Waals surface area (Å²) in [7, 11) is -3.66. The van der Waals surface area contributed by atoms with Gasteiger partial charge in [0, 0.05) is 6.54 Å². The van der Waals surface area contributed by atoms with E-state index in [2.05, 4.69) is 5.32 Å². The average molecular weight is 408 g/mol. The summed E-state index contributed by atoms with van der Waals surface area (Å²) in [6.07, 6.45) is 0.0779. The summed E-state index contributed by atoms with van der Waals surface area (Å²) in [6, 6.07) is 12.0. The highest BCUT2D eigenvalue weighted by atomic mass is 32.2. The van der Waals surface area contributed by atoms with E-state index in [1.165, 1.54) is 12.1 Å². The Morgan fingerprint density at radius 1 is 1.11 bits per heavy atom. The molecule has 0 aromatic heterocycles. The number of rotatable bonds is 10. The normalized spacial score (nSPS) is 14.2. The number of nitrogens with one attached hydrogen (secondary N) is 1. The van der Waals surface area contributed by atoms with Gasteiger partial charge in [0.05, 0.1) is 24.2 Å². The van der Waals surface area contributed by atoms with Crippen LogP contribution in [-0.4, -0.2) is 46.1 Å². The second-order valence-corrected chi connectivity index (χ2v) is 8.06. The molecule has 0 fully saturated rings. The molecule has 9 heteroatoms. The molecule has 0 saturated carbocycles. The molecule has 0 radical (unpaired) electrons. The SMILES string of the molecule is NS(=O)(=O)c1ccc(CCNCC(O)COCc2ccc3c(c2)OCO3)cc1. The third-order valence-corrected chi connectivity index (χ3v) is 5.17. The van der Waals surface area contributed by atoms with E-state index in [0.29, 0.717) is 31.9 Å². The molecule has 152 valence electrons. The number of nitrogens with two attached hydrogens (primary N) is 1. The summed E-state index contributed by atoms with van der Waals surface area (Å²) >= 11 is 0. The maximum Gasteiger partial charge on any atom is 0.238 e. The van der Waals surface area contributed by atoms with Crippen LogP contribution in [-0.2, 0) is 27.8 Å². The summed E-state index contributed by atoms with van der Waals surface area (Å²) in [5, 5.41) is 18.2. The van der Waals surface area contributed by atoms with Gasteiger partial charge in [-0.3, -0.25) is 0 Å². The maximum absolute atomic E-state index is 11.2. The Labute approximate surface area is 164 Å². The van der Waals surface area contributed by atoms with Gasteiger partial charge in [-0.1, -0.05) is 18.2 Å². The number of ether oxygens (including phenoxy) is 3. The Hall–Kier alpha value is -2.17. The van der Waals surface area contributed by atoms with Gasteiger partial charge in [-0.25, -0.2) is 13.6 Å². The van der Waals surface area contributed by atoms with E-state index in [1.807, 2.05) is 18.2 Å². The number of sulfonamides is 1. The summed E-state index contributed by atoms with van der Waals surface area (Å²) in [6.45, 7) is 1.87. The van der Waals surface area contributed by atoms with Crippen LogP contribution in [0, 0.1) is 0 Å². The number of aliphatic hydroxyl groups is 1. The lowest BCUT2D eigenvalue weighted by Gasteiger charge is -2.13. The van der Waals surface area contributed by atoms with Crippen LogP contribution in [0.15, 0.2) is 47.4 Å². The highest BCUT2D eigenvalue weighted by Gasteiger charge is 2.13. The minimum absolute atomic E-state index is 0.0965. The van der Waals surface area contributed by atoms with Crippen molar-refractivity contribution in [2.24, 2.45) is 5.14 Å². The molecule has 1 heterocycles. The predicted octanol–water partition coefficient (Wildman–Crippen LogP) is 0.773. The fraction of sp³-hybridized carbons (Fsp3) is 0.368. The molecule has 0 amide bonds. The molecule has 1 unspecified atom stereocenters. The standard InChI is InChI=1S/C19H24N2O6S/c20-28(23,24)17-4-1-14(2-5-17)7-8-21-10-16(22)12-25-11-15-3-6-18-19(9-15)27-13-26-18/h1-6,9,16,21-22H,7-8,10-13H2,(H2,20,23,24). The zero-order valence-electron chi connectivity index (χ0n) is 15.3. The van der Waals surface area contributed by atoms with E-state index in [0.717, 1.165) is 16.9 Å². The minimum atomic E-state index is -3.66. The molecule has 0 saturated heterocycles. The van der Waals surface area contributed by atoms with E-state index in [4.69, 9.17) is 19.3 Å². The Bertz CT molecular complexity index is 886. The molecule has 28 heavy (non-hydrogen) atoms. The first-order valence-corrected chi connectivity index (χ1v) is 10.4. The van der Waals surface area contributed by atoms with E-state index < -0.39 is 16.1 Å². The van der Waals surface area contributed by atoms with Crippen molar-refractivity contribution in [3.05, 3.63) is 53.6 Å². The maximum atomic E-state index is 11.2. The van der Waals surface area contributed by atoms with Gasteiger partial charge >= 0.3 is 0 Å². The molecule has 1 aliphatic heterocycles. The lowest BCUT2D eigenvalue weighted by atomic mass is 10.1. The van der Waals surface area contributed by atoms with Gasteiger partial charge in [0.1, 0.15) is 0 Å². The summed E-state index contributed by atoms with van der Waals surface area (Å²) in [4.78, 5) is 0.0965. The fourth-order valence-corrected chi connectivity index (χ4v) is 3.27. The Kier molecular flexibility index (Phi) is 6.87. The third-order valence-electron chi connectivity index (χ3n) is 4.24. The molecule has 3 rings (SSSR count). The van der Waals surface area contributed by atoms with Gasteiger partial charge in [-0.15, -0.1) is 0 Å². The summed E-state index contributed by atoms with van der Waals surface area (Å²) in [5.74, 6) is 1.44. The summed E-state index contributed by atoms with van der Waals surface area (Å²) < 4.78 is 38.6. The van der Waals surface area contributed by atoms with E-state index in [-0.39, 0.29) is 18.3 Å². The van der Waals surface area contributed by atoms with Crippen molar-refractivity contribution in [1.82, 2.24) is 5.32 Å². The number of hydrogen-bond acceptors (Lipinski definition) is 7. The van der Waals surface area contributed by atoms with Gasteiger partial charge < -0.3 is 24.6 Å². The van der Waals surface area contributed by atoms with Crippen molar-refractivity contribution in [3.8, 4) is 11.5 Å². The first-order valence-electron chi connectivity index (χ1n) is 8.88. The smallest absolute Gasteiger partial charge is 0.238 e. The quantitative estimate of drug-likeness (QED) is 0.497. The topological polar surface area (TPSA) is 120 Å². The molecular weight excluding hydrogens is 384 g/mol. The molecule has 1 atom stereocenters. The highest BCUT2D eigenvalue weighted by Crippen LogP contribution is 2.32. The first-order chi connectivity index (χ1) is 13.4. The molecule has 2 aromatic carbocycles. The van der Waals surface area contributed by atoms with E-state index in [1.54, 1.807) is 12.1 Å². The van der Waals surface area contributed by atoms with Gasteiger partial charge in [0.25, 0.3) is 0 Å². The van der Waals surface area contributed by atoms with Gasteiger partial charge in [0.2, 0.25) is 16.8 Å². The lowest BCUT2D eigenvalue weighted by molar-refractivity contribution is 0.0289. The van der Waals surface area contributed by atoms with Crippen LogP contribution in [0.5, 0.6) is 11.5 Å². The van der Waals surface area contributed by atoms with Crippen molar-refractivity contribution in [1.29, 1.82) is 0 Å². The molecule has 0 aliphatic carbocycles. The van der Waals surface area contributed by atoms with Crippen molar-refractivity contribution < 1.29 is 27.7 Å². The zero-order chi connectivity index (χ0) is 20.0. The second kappa shape index (κ2) is 9.35. The molecule has 0 bridgehead atoms. The van der Waals surface area contributed by atoms with Crippen LogP contribution in [0.25, 0.3) is 0 Å².